The summed E-state index contributed by atoms with van der Waals surface area (Å²) in [4.78, 5) is 11.7. The second kappa shape index (κ2) is 4.80. The Hall–Kier alpha value is -1.13. The van der Waals surface area contributed by atoms with Gasteiger partial charge in [-0.25, -0.2) is 4.39 Å². The normalized spacial score (nSPS) is 19.8. The second-order valence-electron chi connectivity index (χ2n) is 3.76. The molecule has 1 aliphatic rings. The molecular weight excluding hydrogens is 231 g/mol. The summed E-state index contributed by atoms with van der Waals surface area (Å²) in [5.74, 6) is -1.07. The van der Waals surface area contributed by atoms with Crippen LogP contribution in [0.4, 0.5) is 4.39 Å². The van der Waals surface area contributed by atoms with Gasteiger partial charge in [-0.05, 0) is 25.1 Å². The Kier molecular flexibility index (Phi) is 3.41. The van der Waals surface area contributed by atoms with E-state index in [1.165, 1.54) is 12.1 Å². The number of carbonyl (C=O) groups excluding carboxylic acids is 1. The molecule has 3 nitrogen and oxygen atoms in total. The predicted molar refractivity (Wildman–Crippen MR) is 60.2 cm³/mol. The zero-order valence-corrected chi connectivity index (χ0v) is 9.35. The first-order chi connectivity index (χ1) is 7.68. The molecule has 2 rings (SSSR count). The Morgan fingerprint density at radius 1 is 1.56 bits per heavy atom. The molecule has 1 aromatic carbocycles. The van der Waals surface area contributed by atoms with Gasteiger partial charge in [-0.3, -0.25) is 4.79 Å². The fourth-order valence-corrected chi connectivity index (χ4v) is 1.89. The number of hydrogen-bond acceptors (Lipinski definition) is 2. The smallest absolute Gasteiger partial charge is 0.254 e. The second-order valence-corrected chi connectivity index (χ2v) is 4.17. The summed E-state index contributed by atoms with van der Waals surface area (Å²) in [7, 11) is 0. The highest BCUT2D eigenvalue weighted by molar-refractivity contribution is 6.31. The van der Waals surface area contributed by atoms with Crippen LogP contribution in [0.3, 0.4) is 0 Å². The summed E-state index contributed by atoms with van der Waals surface area (Å²) in [6.45, 7) is 1.61. The van der Waals surface area contributed by atoms with Gasteiger partial charge >= 0.3 is 0 Å². The minimum Gasteiger partial charge on any atom is -0.348 e. The Bertz CT molecular complexity index is 405. The number of halogens is 2. The molecule has 1 saturated heterocycles. The van der Waals surface area contributed by atoms with E-state index in [-0.39, 0.29) is 16.6 Å². The molecule has 1 heterocycles. The van der Waals surface area contributed by atoms with Crippen LogP contribution in [-0.4, -0.2) is 25.0 Å². The van der Waals surface area contributed by atoms with Crippen LogP contribution < -0.4 is 10.6 Å². The fraction of sp³-hybridized carbons (Fsp3) is 0.364. The number of carbonyl (C=O) groups is 1. The minimum absolute atomic E-state index is 0.000556. The minimum atomic E-state index is -0.660. The molecule has 1 unspecified atom stereocenters. The van der Waals surface area contributed by atoms with Crippen LogP contribution in [0.5, 0.6) is 0 Å². The molecule has 0 aromatic heterocycles. The van der Waals surface area contributed by atoms with E-state index >= 15 is 0 Å². The monoisotopic (exact) mass is 242 g/mol. The molecule has 0 saturated carbocycles. The summed E-state index contributed by atoms with van der Waals surface area (Å²) in [5, 5.41) is 5.85. The zero-order chi connectivity index (χ0) is 11.5. The molecule has 0 bridgehead atoms. The first kappa shape index (κ1) is 11.4. The van der Waals surface area contributed by atoms with Gasteiger partial charge in [-0.2, -0.15) is 0 Å². The third kappa shape index (κ3) is 2.33. The van der Waals surface area contributed by atoms with Crippen LogP contribution in [0.15, 0.2) is 18.2 Å². The molecule has 1 aliphatic heterocycles. The van der Waals surface area contributed by atoms with Crippen molar-refractivity contribution in [3.8, 4) is 0 Å². The predicted octanol–water partition coefficient (Wildman–Crippen LogP) is 1.57. The van der Waals surface area contributed by atoms with E-state index in [1.54, 1.807) is 6.07 Å². The number of amides is 1. The maximum Gasteiger partial charge on any atom is 0.254 e. The SMILES string of the molecule is O=C(NC1CCNC1)c1cccc(Cl)c1F. The van der Waals surface area contributed by atoms with Gasteiger partial charge in [0.1, 0.15) is 0 Å². The van der Waals surface area contributed by atoms with E-state index in [4.69, 9.17) is 11.6 Å². The molecule has 1 fully saturated rings. The number of hydrogen-bond donors (Lipinski definition) is 2. The van der Waals surface area contributed by atoms with Crippen molar-refractivity contribution in [2.24, 2.45) is 0 Å². The van der Waals surface area contributed by atoms with Crippen LogP contribution >= 0.6 is 11.6 Å². The molecule has 0 aliphatic carbocycles. The van der Waals surface area contributed by atoms with Gasteiger partial charge in [-0.15, -0.1) is 0 Å². The van der Waals surface area contributed by atoms with Gasteiger partial charge in [0.25, 0.3) is 5.91 Å². The van der Waals surface area contributed by atoms with Gasteiger partial charge in [0, 0.05) is 12.6 Å². The van der Waals surface area contributed by atoms with Crippen molar-refractivity contribution < 1.29 is 9.18 Å². The molecule has 0 spiro atoms. The summed E-state index contributed by atoms with van der Waals surface area (Å²) < 4.78 is 13.5. The zero-order valence-electron chi connectivity index (χ0n) is 8.59. The Morgan fingerprint density at radius 2 is 2.38 bits per heavy atom. The molecule has 1 amide bonds. The largest absolute Gasteiger partial charge is 0.348 e. The van der Waals surface area contributed by atoms with Crippen molar-refractivity contribution in [3.05, 3.63) is 34.6 Å². The van der Waals surface area contributed by atoms with Gasteiger partial charge in [0.2, 0.25) is 0 Å². The highest BCUT2D eigenvalue weighted by Crippen LogP contribution is 2.17. The standard InChI is InChI=1S/C11H12ClFN2O/c12-9-3-1-2-8(10(9)13)11(16)15-7-4-5-14-6-7/h1-3,7,14H,4-6H2,(H,15,16). The molecule has 16 heavy (non-hydrogen) atoms. The topological polar surface area (TPSA) is 41.1 Å². The molecule has 2 N–H and O–H groups in total. The van der Waals surface area contributed by atoms with E-state index in [9.17, 15) is 9.18 Å². The van der Waals surface area contributed by atoms with E-state index in [2.05, 4.69) is 10.6 Å². The van der Waals surface area contributed by atoms with E-state index < -0.39 is 11.7 Å². The van der Waals surface area contributed by atoms with Crippen LogP contribution in [0.1, 0.15) is 16.8 Å². The lowest BCUT2D eigenvalue weighted by atomic mass is 10.1. The lowest BCUT2D eigenvalue weighted by Crippen LogP contribution is -2.36. The van der Waals surface area contributed by atoms with Crippen molar-refractivity contribution in [2.45, 2.75) is 12.5 Å². The highest BCUT2D eigenvalue weighted by Gasteiger charge is 2.20. The van der Waals surface area contributed by atoms with Crippen LogP contribution in [0, 0.1) is 5.82 Å². The first-order valence-electron chi connectivity index (χ1n) is 5.14. The van der Waals surface area contributed by atoms with Crippen LogP contribution in [0.2, 0.25) is 5.02 Å². The Morgan fingerprint density at radius 3 is 3.06 bits per heavy atom. The van der Waals surface area contributed by atoms with Gasteiger partial charge < -0.3 is 10.6 Å². The van der Waals surface area contributed by atoms with Gasteiger partial charge in [-0.1, -0.05) is 17.7 Å². The van der Waals surface area contributed by atoms with Crippen LogP contribution in [0.25, 0.3) is 0 Å². The van der Waals surface area contributed by atoms with Crippen LogP contribution in [-0.2, 0) is 0 Å². The van der Waals surface area contributed by atoms with E-state index in [1.807, 2.05) is 0 Å². The van der Waals surface area contributed by atoms with Gasteiger partial charge in [0.05, 0.1) is 10.6 Å². The average Bonchev–Trinajstić information content (AvgIpc) is 2.74. The summed E-state index contributed by atoms with van der Waals surface area (Å²) in [6.07, 6.45) is 0.869. The number of nitrogens with one attached hydrogen (secondary N) is 2. The molecule has 1 aromatic rings. The summed E-state index contributed by atoms with van der Waals surface area (Å²) in [5.41, 5.74) is -0.000556. The summed E-state index contributed by atoms with van der Waals surface area (Å²) in [6, 6.07) is 4.49. The van der Waals surface area contributed by atoms with Crippen molar-refractivity contribution >= 4 is 17.5 Å². The van der Waals surface area contributed by atoms with Crippen molar-refractivity contribution in [2.75, 3.05) is 13.1 Å². The van der Waals surface area contributed by atoms with E-state index in [0.29, 0.717) is 0 Å². The Labute approximate surface area is 98.0 Å². The molecular formula is C11H12ClFN2O. The molecule has 5 heteroatoms. The third-order valence-corrected chi connectivity index (χ3v) is 2.88. The molecule has 0 radical (unpaired) electrons. The summed E-state index contributed by atoms with van der Waals surface area (Å²) >= 11 is 5.61. The maximum absolute atomic E-state index is 13.5. The number of benzene rings is 1. The lowest BCUT2D eigenvalue weighted by molar-refractivity contribution is 0.0936. The molecule has 86 valence electrons. The van der Waals surface area contributed by atoms with Crippen molar-refractivity contribution in [1.82, 2.24) is 10.6 Å². The number of rotatable bonds is 2. The molecule has 1 atom stereocenters. The van der Waals surface area contributed by atoms with Gasteiger partial charge in [0.15, 0.2) is 5.82 Å². The average molecular weight is 243 g/mol. The Balaban J connectivity index is 2.11. The fourth-order valence-electron chi connectivity index (χ4n) is 1.72. The first-order valence-corrected chi connectivity index (χ1v) is 5.52. The quantitative estimate of drug-likeness (QED) is 0.827. The highest BCUT2D eigenvalue weighted by atomic mass is 35.5. The third-order valence-electron chi connectivity index (χ3n) is 2.59. The van der Waals surface area contributed by atoms with Crippen molar-refractivity contribution in [3.63, 3.8) is 0 Å². The van der Waals surface area contributed by atoms with E-state index in [0.717, 1.165) is 19.5 Å². The van der Waals surface area contributed by atoms with Crippen molar-refractivity contribution in [1.29, 1.82) is 0 Å². The maximum atomic E-state index is 13.5. The lowest BCUT2D eigenvalue weighted by Gasteiger charge is -2.11.